The van der Waals surface area contributed by atoms with Gasteiger partial charge < -0.3 is 0 Å². The summed E-state index contributed by atoms with van der Waals surface area (Å²) in [6.07, 6.45) is 2.17. The Morgan fingerprint density at radius 2 is 2.10 bits per heavy atom. The molecule has 0 aliphatic heterocycles. The quantitative estimate of drug-likeness (QED) is 0.666. The fraction of sp³-hybridized carbons (Fsp3) is 0.250. The van der Waals surface area contributed by atoms with Crippen molar-refractivity contribution in [1.29, 1.82) is 0 Å². The number of pyridine rings is 1. The number of carbonyl (C=O) groups is 2. The molecule has 6 nitrogen and oxygen atoms in total. The molecule has 2 aromatic rings. The molecule has 0 saturated carbocycles. The van der Waals surface area contributed by atoms with E-state index in [4.69, 9.17) is 23.2 Å². The predicted octanol–water partition coefficient (Wildman–Crippen LogP) is 1.55. The lowest BCUT2D eigenvalue weighted by atomic mass is 10.2. The zero-order valence-electron chi connectivity index (χ0n) is 10.6. The highest BCUT2D eigenvalue weighted by molar-refractivity contribution is 6.30. The van der Waals surface area contributed by atoms with Gasteiger partial charge in [0, 0.05) is 6.20 Å². The number of hydrazine groups is 1. The number of hydrogen-bond acceptors (Lipinski definition) is 3. The number of nitrogens with zero attached hydrogens (tertiary/aromatic N) is 2. The van der Waals surface area contributed by atoms with Crippen molar-refractivity contribution in [2.24, 2.45) is 0 Å². The minimum absolute atomic E-state index is 0.236. The van der Waals surface area contributed by atoms with Gasteiger partial charge in [0.25, 0.3) is 11.8 Å². The first kappa shape index (κ1) is 14.6. The largest absolute Gasteiger partial charge is 0.294 e. The van der Waals surface area contributed by atoms with Crippen LogP contribution in [0.5, 0.6) is 0 Å². The van der Waals surface area contributed by atoms with E-state index in [1.807, 2.05) is 6.92 Å². The lowest BCUT2D eigenvalue weighted by Crippen LogP contribution is -2.43. The summed E-state index contributed by atoms with van der Waals surface area (Å²) >= 11 is 11.3. The van der Waals surface area contributed by atoms with E-state index in [9.17, 15) is 9.59 Å². The minimum Gasteiger partial charge on any atom is -0.294 e. The van der Waals surface area contributed by atoms with Crippen LogP contribution in [0.3, 0.4) is 0 Å². The summed E-state index contributed by atoms with van der Waals surface area (Å²) in [6.45, 7) is 1.89. The van der Waals surface area contributed by atoms with Gasteiger partial charge in [-0.2, -0.15) is 0 Å². The molecule has 0 fully saturated rings. The van der Waals surface area contributed by atoms with Crippen LogP contribution in [0.4, 0.5) is 0 Å². The smallest absolute Gasteiger partial charge is 0.288 e. The predicted molar refractivity (Wildman–Crippen MR) is 75.9 cm³/mol. The summed E-state index contributed by atoms with van der Waals surface area (Å²) in [5, 5.41) is 0.483. The molecule has 2 heterocycles. The van der Waals surface area contributed by atoms with Gasteiger partial charge in [-0.15, -0.1) is 11.6 Å². The zero-order valence-corrected chi connectivity index (χ0v) is 12.1. The van der Waals surface area contributed by atoms with Gasteiger partial charge in [0.1, 0.15) is 17.2 Å². The number of imidazole rings is 1. The molecule has 0 bridgehead atoms. The van der Waals surface area contributed by atoms with Crippen molar-refractivity contribution >= 4 is 40.7 Å². The van der Waals surface area contributed by atoms with E-state index in [1.165, 1.54) is 0 Å². The first-order valence-electron chi connectivity index (χ1n) is 5.88. The number of aromatic nitrogens is 2. The second-order valence-corrected chi connectivity index (χ2v) is 4.68. The summed E-state index contributed by atoms with van der Waals surface area (Å²) in [4.78, 5) is 27.6. The number of carbonyl (C=O) groups excluding carboxylic acids is 2. The monoisotopic (exact) mass is 314 g/mol. The van der Waals surface area contributed by atoms with Crippen molar-refractivity contribution in [2.45, 2.75) is 13.3 Å². The number of nitrogens with one attached hydrogen (secondary N) is 2. The maximum absolute atomic E-state index is 12.2. The van der Waals surface area contributed by atoms with Crippen molar-refractivity contribution in [2.75, 3.05) is 5.88 Å². The van der Waals surface area contributed by atoms with Gasteiger partial charge in [-0.3, -0.25) is 24.8 Å². The fourth-order valence-electron chi connectivity index (χ4n) is 1.77. The Hall–Kier alpha value is -1.79. The first-order valence-corrected chi connectivity index (χ1v) is 6.79. The maximum Gasteiger partial charge on any atom is 0.288 e. The van der Waals surface area contributed by atoms with Gasteiger partial charge in [-0.25, -0.2) is 4.98 Å². The average molecular weight is 315 g/mol. The van der Waals surface area contributed by atoms with Crippen LogP contribution in [0.25, 0.3) is 5.65 Å². The van der Waals surface area contributed by atoms with Gasteiger partial charge in [0.2, 0.25) is 0 Å². The summed E-state index contributed by atoms with van der Waals surface area (Å²) in [5.41, 5.74) is 6.06. The molecule has 0 saturated heterocycles. The van der Waals surface area contributed by atoms with E-state index < -0.39 is 11.8 Å². The van der Waals surface area contributed by atoms with Crippen LogP contribution in [0, 0.1) is 0 Å². The second-order valence-electron chi connectivity index (χ2n) is 3.97. The van der Waals surface area contributed by atoms with Crippen LogP contribution in [0.15, 0.2) is 18.3 Å². The Bertz CT molecular complexity index is 669. The Morgan fingerprint density at radius 3 is 2.75 bits per heavy atom. The van der Waals surface area contributed by atoms with Crippen molar-refractivity contribution in [3.8, 4) is 0 Å². The molecule has 0 aliphatic rings. The van der Waals surface area contributed by atoms with Crippen LogP contribution in [-0.4, -0.2) is 27.1 Å². The number of halogens is 2. The van der Waals surface area contributed by atoms with Gasteiger partial charge in [0.05, 0.1) is 10.7 Å². The standard InChI is InChI=1S/C12H12Cl2N4O2/c1-2-8-11(12(20)17-16-10(19)5-13)18-6-7(14)3-4-9(18)15-8/h3-4,6H,2,5H2,1H3,(H,16,19)(H,17,20). The number of alkyl halides is 1. The minimum atomic E-state index is -0.495. The SMILES string of the molecule is CCc1nc2ccc(Cl)cn2c1C(=O)NNC(=O)CCl. The molecule has 2 aromatic heterocycles. The lowest BCUT2D eigenvalue weighted by molar-refractivity contribution is -0.119. The molecule has 0 aromatic carbocycles. The Morgan fingerprint density at radius 1 is 1.35 bits per heavy atom. The number of rotatable bonds is 3. The van der Waals surface area contributed by atoms with Crippen LogP contribution >= 0.6 is 23.2 Å². The van der Waals surface area contributed by atoms with Gasteiger partial charge in [0.15, 0.2) is 0 Å². The van der Waals surface area contributed by atoms with E-state index in [2.05, 4.69) is 15.8 Å². The maximum atomic E-state index is 12.2. The van der Waals surface area contributed by atoms with Crippen LogP contribution in [0.2, 0.25) is 5.02 Å². The highest BCUT2D eigenvalue weighted by Crippen LogP contribution is 2.17. The van der Waals surface area contributed by atoms with Crippen molar-refractivity contribution in [1.82, 2.24) is 20.2 Å². The molecule has 2 rings (SSSR count). The molecular weight excluding hydrogens is 303 g/mol. The van der Waals surface area contributed by atoms with E-state index in [0.717, 1.165) is 0 Å². The zero-order chi connectivity index (χ0) is 14.7. The summed E-state index contributed by atoms with van der Waals surface area (Å²) in [7, 11) is 0. The van der Waals surface area contributed by atoms with E-state index in [-0.39, 0.29) is 5.88 Å². The third-order valence-corrected chi connectivity index (χ3v) is 3.11. The molecular formula is C12H12Cl2N4O2. The van der Waals surface area contributed by atoms with E-state index in [0.29, 0.717) is 28.5 Å². The molecule has 0 atom stereocenters. The normalized spacial score (nSPS) is 10.6. The fourth-order valence-corrected chi connectivity index (χ4v) is 2.00. The molecule has 0 aliphatic carbocycles. The van der Waals surface area contributed by atoms with Crippen molar-refractivity contribution < 1.29 is 9.59 Å². The van der Waals surface area contributed by atoms with Crippen LogP contribution in [-0.2, 0) is 11.2 Å². The summed E-state index contributed by atoms with van der Waals surface area (Å²) in [5.74, 6) is -1.21. The first-order chi connectivity index (χ1) is 9.56. The van der Waals surface area contributed by atoms with Crippen molar-refractivity contribution in [3.63, 3.8) is 0 Å². The molecule has 106 valence electrons. The summed E-state index contributed by atoms with van der Waals surface area (Å²) in [6, 6.07) is 3.41. The van der Waals surface area contributed by atoms with Crippen molar-refractivity contribution in [3.05, 3.63) is 34.7 Å². The highest BCUT2D eigenvalue weighted by Gasteiger charge is 2.18. The Kier molecular flexibility index (Phi) is 4.46. The lowest BCUT2D eigenvalue weighted by Gasteiger charge is -2.07. The third-order valence-electron chi connectivity index (χ3n) is 2.64. The van der Waals surface area contributed by atoms with Gasteiger partial charge >= 0.3 is 0 Å². The van der Waals surface area contributed by atoms with Gasteiger partial charge in [-0.05, 0) is 18.6 Å². The highest BCUT2D eigenvalue weighted by atomic mass is 35.5. The van der Waals surface area contributed by atoms with E-state index >= 15 is 0 Å². The number of aryl methyl sites for hydroxylation is 1. The molecule has 20 heavy (non-hydrogen) atoms. The van der Waals surface area contributed by atoms with Crippen LogP contribution in [0.1, 0.15) is 23.1 Å². The number of hydrogen-bond donors (Lipinski definition) is 2. The topological polar surface area (TPSA) is 75.5 Å². The molecule has 0 radical (unpaired) electrons. The number of fused-ring (bicyclic) bond motifs is 1. The second kappa shape index (κ2) is 6.11. The molecule has 0 unspecified atom stereocenters. The Labute approximate surface area is 125 Å². The summed E-state index contributed by atoms with van der Waals surface area (Å²) < 4.78 is 1.59. The van der Waals surface area contributed by atoms with Gasteiger partial charge in [-0.1, -0.05) is 18.5 Å². The molecule has 2 amide bonds. The van der Waals surface area contributed by atoms with Crippen LogP contribution < -0.4 is 10.9 Å². The molecule has 0 spiro atoms. The third kappa shape index (κ3) is 2.86. The molecule has 2 N–H and O–H groups in total. The van der Waals surface area contributed by atoms with E-state index in [1.54, 1.807) is 22.7 Å². The molecule has 8 heteroatoms. The number of amides is 2. The average Bonchev–Trinajstić information content (AvgIpc) is 2.81. The Balaban J connectivity index is 2.38.